The minimum atomic E-state index is -4.13. The third-order valence-electron chi connectivity index (χ3n) is 3.47. The standard InChI is InChI=1S/C17H17N3O6S/c1-11(21)18-8-7-12-3-2-4-14(9-12)27(25,26)20-16(22)13-5-6-15(17(23)24)19-10-13/h2-6,9-10H,7-8H2,1H3,(H,18,21)(H,20,22)(H,23,24). The maximum absolute atomic E-state index is 12.4. The van der Waals surface area contributed by atoms with Crippen LogP contribution >= 0.6 is 0 Å². The van der Waals surface area contributed by atoms with Crippen molar-refractivity contribution in [3.8, 4) is 0 Å². The van der Waals surface area contributed by atoms with Gasteiger partial charge in [-0.2, -0.15) is 0 Å². The number of sulfonamides is 1. The molecule has 0 aliphatic carbocycles. The summed E-state index contributed by atoms with van der Waals surface area (Å²) < 4.78 is 26.7. The van der Waals surface area contributed by atoms with Gasteiger partial charge in [0.05, 0.1) is 10.5 Å². The number of benzene rings is 1. The summed E-state index contributed by atoms with van der Waals surface area (Å²) in [5.41, 5.74) is 0.318. The molecule has 0 atom stereocenters. The predicted molar refractivity (Wildman–Crippen MR) is 94.7 cm³/mol. The lowest BCUT2D eigenvalue weighted by Crippen LogP contribution is -2.30. The Balaban J connectivity index is 2.12. The van der Waals surface area contributed by atoms with Crippen LogP contribution in [-0.2, 0) is 21.2 Å². The molecule has 142 valence electrons. The molecular weight excluding hydrogens is 374 g/mol. The number of carboxylic acids is 1. The minimum Gasteiger partial charge on any atom is -0.477 e. The third kappa shape index (κ3) is 5.61. The van der Waals surface area contributed by atoms with Crippen LogP contribution < -0.4 is 10.0 Å². The number of aromatic carboxylic acids is 1. The third-order valence-corrected chi connectivity index (χ3v) is 4.80. The summed E-state index contributed by atoms with van der Waals surface area (Å²) in [6, 6.07) is 8.26. The fourth-order valence-corrected chi connectivity index (χ4v) is 3.19. The molecule has 27 heavy (non-hydrogen) atoms. The number of carbonyl (C=O) groups excluding carboxylic acids is 2. The SMILES string of the molecule is CC(=O)NCCc1cccc(S(=O)(=O)NC(=O)c2ccc(C(=O)O)nc2)c1. The van der Waals surface area contributed by atoms with E-state index in [2.05, 4.69) is 10.3 Å². The zero-order valence-electron chi connectivity index (χ0n) is 14.3. The molecule has 0 radical (unpaired) electrons. The van der Waals surface area contributed by atoms with Crippen LogP contribution in [0.25, 0.3) is 0 Å². The molecule has 0 unspecified atom stereocenters. The van der Waals surface area contributed by atoms with Gasteiger partial charge >= 0.3 is 5.97 Å². The number of nitrogens with zero attached hydrogens (tertiary/aromatic N) is 1. The Hall–Kier alpha value is -3.27. The number of rotatable bonds is 7. The van der Waals surface area contributed by atoms with Crippen LogP contribution in [0.2, 0.25) is 0 Å². The largest absolute Gasteiger partial charge is 0.477 e. The van der Waals surface area contributed by atoms with Crippen LogP contribution in [-0.4, -0.2) is 42.8 Å². The van der Waals surface area contributed by atoms with Crippen molar-refractivity contribution in [1.82, 2.24) is 15.0 Å². The number of aromatic nitrogens is 1. The molecule has 0 aliphatic rings. The van der Waals surface area contributed by atoms with Crippen molar-refractivity contribution in [2.45, 2.75) is 18.2 Å². The number of hydrogen-bond acceptors (Lipinski definition) is 6. The number of carbonyl (C=O) groups is 3. The summed E-state index contributed by atoms with van der Waals surface area (Å²) in [6.45, 7) is 1.74. The molecule has 2 rings (SSSR count). The molecule has 1 aromatic heterocycles. The number of pyridine rings is 1. The van der Waals surface area contributed by atoms with Gasteiger partial charge in [-0.15, -0.1) is 0 Å². The van der Waals surface area contributed by atoms with Crippen molar-refractivity contribution in [2.75, 3.05) is 6.54 Å². The van der Waals surface area contributed by atoms with E-state index in [0.29, 0.717) is 18.5 Å². The summed E-state index contributed by atoms with van der Waals surface area (Å²) in [7, 11) is -4.13. The zero-order valence-corrected chi connectivity index (χ0v) is 15.1. The monoisotopic (exact) mass is 391 g/mol. The molecule has 10 heteroatoms. The summed E-state index contributed by atoms with van der Waals surface area (Å²) in [5, 5.41) is 11.4. The zero-order chi connectivity index (χ0) is 20.0. The lowest BCUT2D eigenvalue weighted by molar-refractivity contribution is -0.118. The quantitative estimate of drug-likeness (QED) is 0.626. The highest BCUT2D eigenvalue weighted by Gasteiger charge is 2.19. The van der Waals surface area contributed by atoms with E-state index < -0.39 is 21.9 Å². The van der Waals surface area contributed by atoms with Crippen LogP contribution in [0.5, 0.6) is 0 Å². The van der Waals surface area contributed by atoms with E-state index in [-0.39, 0.29) is 22.1 Å². The molecule has 0 aliphatic heterocycles. The van der Waals surface area contributed by atoms with Gasteiger partial charge in [-0.3, -0.25) is 9.59 Å². The van der Waals surface area contributed by atoms with Gasteiger partial charge in [0.2, 0.25) is 5.91 Å². The van der Waals surface area contributed by atoms with E-state index in [1.165, 1.54) is 31.2 Å². The molecule has 9 nitrogen and oxygen atoms in total. The van der Waals surface area contributed by atoms with Gasteiger partial charge in [0.15, 0.2) is 0 Å². The Kier molecular flexibility index (Phi) is 6.24. The van der Waals surface area contributed by atoms with Crippen LogP contribution in [0.3, 0.4) is 0 Å². The van der Waals surface area contributed by atoms with E-state index in [4.69, 9.17) is 5.11 Å². The molecule has 2 aromatic rings. The fraction of sp³-hybridized carbons (Fsp3) is 0.176. The minimum absolute atomic E-state index is 0.0922. The van der Waals surface area contributed by atoms with Crippen molar-refractivity contribution in [1.29, 1.82) is 0 Å². The Bertz CT molecular complexity index is 970. The van der Waals surface area contributed by atoms with Crippen LogP contribution in [0.1, 0.15) is 33.3 Å². The van der Waals surface area contributed by atoms with Crippen molar-refractivity contribution in [2.24, 2.45) is 0 Å². The summed E-state index contributed by atoms with van der Waals surface area (Å²) in [6.07, 6.45) is 1.41. The lowest BCUT2D eigenvalue weighted by atomic mass is 10.1. The molecule has 1 heterocycles. The van der Waals surface area contributed by atoms with Gasteiger partial charge in [0, 0.05) is 19.7 Å². The first-order valence-corrected chi connectivity index (χ1v) is 9.27. The highest BCUT2D eigenvalue weighted by molar-refractivity contribution is 7.90. The van der Waals surface area contributed by atoms with Gasteiger partial charge in [-0.25, -0.2) is 22.9 Å². The lowest BCUT2D eigenvalue weighted by Gasteiger charge is -2.09. The highest BCUT2D eigenvalue weighted by Crippen LogP contribution is 2.13. The number of amides is 2. The van der Waals surface area contributed by atoms with Gasteiger partial charge in [-0.1, -0.05) is 12.1 Å². The molecule has 0 spiro atoms. The van der Waals surface area contributed by atoms with Crippen LogP contribution in [0.4, 0.5) is 0 Å². The normalized spacial score (nSPS) is 10.9. The van der Waals surface area contributed by atoms with Gasteiger partial charge in [-0.05, 0) is 36.2 Å². The van der Waals surface area contributed by atoms with E-state index in [0.717, 1.165) is 12.3 Å². The maximum Gasteiger partial charge on any atom is 0.354 e. The Morgan fingerprint density at radius 1 is 1.15 bits per heavy atom. The summed E-state index contributed by atoms with van der Waals surface area (Å²) in [4.78, 5) is 37.2. The first-order valence-electron chi connectivity index (χ1n) is 7.79. The highest BCUT2D eigenvalue weighted by atomic mass is 32.2. The number of nitrogens with one attached hydrogen (secondary N) is 2. The maximum atomic E-state index is 12.4. The summed E-state index contributed by atoms with van der Waals surface area (Å²) >= 11 is 0. The second kappa shape index (κ2) is 8.41. The first-order chi connectivity index (χ1) is 12.7. The van der Waals surface area contributed by atoms with Crippen molar-refractivity contribution < 1.29 is 27.9 Å². The Labute approximate surface area is 155 Å². The average molecular weight is 391 g/mol. The van der Waals surface area contributed by atoms with Crippen LogP contribution in [0, 0.1) is 0 Å². The second-order valence-corrected chi connectivity index (χ2v) is 7.23. The average Bonchev–Trinajstić information content (AvgIpc) is 2.61. The van der Waals surface area contributed by atoms with Crippen molar-refractivity contribution in [3.05, 3.63) is 59.4 Å². The van der Waals surface area contributed by atoms with E-state index in [1.807, 2.05) is 4.72 Å². The number of carboxylic acid groups (broad SMARTS) is 1. The van der Waals surface area contributed by atoms with Gasteiger partial charge in [0.1, 0.15) is 5.69 Å². The Morgan fingerprint density at radius 2 is 1.89 bits per heavy atom. The molecule has 0 saturated carbocycles. The molecular formula is C17H17N3O6S. The smallest absolute Gasteiger partial charge is 0.354 e. The van der Waals surface area contributed by atoms with E-state index in [1.54, 1.807) is 6.07 Å². The molecule has 1 aromatic carbocycles. The molecule has 0 saturated heterocycles. The van der Waals surface area contributed by atoms with E-state index >= 15 is 0 Å². The molecule has 0 bridgehead atoms. The van der Waals surface area contributed by atoms with Crippen LogP contribution in [0.15, 0.2) is 47.5 Å². The number of hydrogen-bond donors (Lipinski definition) is 3. The first kappa shape index (κ1) is 20.0. The summed E-state index contributed by atoms with van der Waals surface area (Å²) in [5.74, 6) is -2.37. The van der Waals surface area contributed by atoms with Gasteiger partial charge < -0.3 is 10.4 Å². The topological polar surface area (TPSA) is 143 Å². The predicted octanol–water partition coefficient (Wildman–Crippen LogP) is 0.577. The second-order valence-electron chi connectivity index (χ2n) is 5.55. The molecule has 2 amide bonds. The van der Waals surface area contributed by atoms with Crippen molar-refractivity contribution >= 4 is 27.8 Å². The van der Waals surface area contributed by atoms with Gasteiger partial charge in [0.25, 0.3) is 15.9 Å². The molecule has 3 N–H and O–H groups in total. The molecule has 0 fully saturated rings. The van der Waals surface area contributed by atoms with Crippen molar-refractivity contribution in [3.63, 3.8) is 0 Å². The fourth-order valence-electron chi connectivity index (χ4n) is 2.15. The Morgan fingerprint density at radius 3 is 2.48 bits per heavy atom. The van der Waals surface area contributed by atoms with E-state index in [9.17, 15) is 22.8 Å².